The Morgan fingerprint density at radius 2 is 2.53 bits per heavy atom. The molecule has 1 aromatic heterocycles. The van der Waals surface area contributed by atoms with Crippen molar-refractivity contribution < 1.29 is 9.53 Å². The van der Waals surface area contributed by atoms with Gasteiger partial charge in [-0.2, -0.15) is 5.10 Å². The number of nitrogens with two attached hydrogens (primary N) is 1. The Kier molecular flexibility index (Phi) is 3.31. The van der Waals surface area contributed by atoms with Crippen molar-refractivity contribution >= 4 is 5.78 Å². The van der Waals surface area contributed by atoms with E-state index in [1.807, 2.05) is 20.0 Å². The molecule has 2 heterocycles. The van der Waals surface area contributed by atoms with Crippen LogP contribution >= 0.6 is 0 Å². The number of carbonyl (C=O) groups excluding carboxylic acids is 1. The molecule has 1 saturated heterocycles. The molecule has 1 aliphatic heterocycles. The average Bonchev–Trinajstić information content (AvgIpc) is 2.84. The maximum atomic E-state index is 12.2. The molecule has 0 radical (unpaired) electrons. The second-order valence-electron chi connectivity index (χ2n) is 4.91. The number of rotatable bonds is 4. The van der Waals surface area contributed by atoms with Crippen molar-refractivity contribution in [2.45, 2.75) is 25.8 Å². The summed E-state index contributed by atoms with van der Waals surface area (Å²) in [5, 5.41) is 4.08. The fraction of sp³-hybridized carbons (Fsp3) is 0.667. The fourth-order valence-corrected chi connectivity index (χ4v) is 2.15. The first-order valence-electron chi connectivity index (χ1n) is 5.87. The molecular formula is C12H19N3O2. The quantitative estimate of drug-likeness (QED) is 0.817. The van der Waals surface area contributed by atoms with Crippen LogP contribution in [0.25, 0.3) is 0 Å². The molecule has 5 nitrogen and oxygen atoms in total. The Morgan fingerprint density at radius 3 is 3.06 bits per heavy atom. The predicted molar refractivity (Wildman–Crippen MR) is 63.4 cm³/mol. The van der Waals surface area contributed by atoms with Gasteiger partial charge in [0.25, 0.3) is 0 Å². The standard InChI is InChI=1S/C12H19N3O2/c1-12(8-17-7-10(12)13)11(16)4-3-9-5-6-14-15(9)2/h5-6,10H,3-4,7-8,13H2,1-2H3. The predicted octanol–water partition coefficient (Wildman–Crippen LogP) is 0.286. The summed E-state index contributed by atoms with van der Waals surface area (Å²) in [4.78, 5) is 12.2. The van der Waals surface area contributed by atoms with Gasteiger partial charge in [-0.05, 0) is 19.4 Å². The Labute approximate surface area is 101 Å². The lowest BCUT2D eigenvalue weighted by Crippen LogP contribution is -2.44. The monoisotopic (exact) mass is 237 g/mol. The van der Waals surface area contributed by atoms with Crippen LogP contribution in [0, 0.1) is 5.41 Å². The van der Waals surface area contributed by atoms with Crippen LogP contribution in [0.15, 0.2) is 12.3 Å². The Balaban J connectivity index is 1.96. The van der Waals surface area contributed by atoms with Gasteiger partial charge in [0.1, 0.15) is 5.78 Å². The van der Waals surface area contributed by atoms with Gasteiger partial charge in [0, 0.05) is 31.4 Å². The van der Waals surface area contributed by atoms with Crippen LogP contribution in [0.4, 0.5) is 0 Å². The average molecular weight is 237 g/mol. The zero-order valence-corrected chi connectivity index (χ0v) is 10.3. The molecule has 94 valence electrons. The highest BCUT2D eigenvalue weighted by molar-refractivity contribution is 5.85. The van der Waals surface area contributed by atoms with Crippen molar-refractivity contribution in [1.29, 1.82) is 0 Å². The number of nitrogens with zero attached hydrogens (tertiary/aromatic N) is 2. The Morgan fingerprint density at radius 1 is 1.76 bits per heavy atom. The molecule has 0 aliphatic carbocycles. The summed E-state index contributed by atoms with van der Waals surface area (Å²) in [6, 6.07) is 1.75. The number of ether oxygens (including phenoxy) is 1. The molecular weight excluding hydrogens is 218 g/mol. The molecule has 2 unspecified atom stereocenters. The molecule has 2 rings (SSSR count). The Hall–Kier alpha value is -1.20. The van der Waals surface area contributed by atoms with E-state index in [0.717, 1.165) is 5.69 Å². The van der Waals surface area contributed by atoms with Crippen molar-refractivity contribution in [3.63, 3.8) is 0 Å². The highest BCUT2D eigenvalue weighted by Gasteiger charge is 2.43. The van der Waals surface area contributed by atoms with Crippen LogP contribution in [0.1, 0.15) is 19.0 Å². The Bertz CT molecular complexity index is 416. The third-order valence-corrected chi connectivity index (χ3v) is 3.69. The van der Waals surface area contributed by atoms with Gasteiger partial charge in [0.05, 0.1) is 18.6 Å². The molecule has 0 bridgehead atoms. The fourth-order valence-electron chi connectivity index (χ4n) is 2.15. The number of aryl methyl sites for hydroxylation is 2. The number of aromatic nitrogens is 2. The summed E-state index contributed by atoms with van der Waals surface area (Å²) in [6.07, 6.45) is 2.94. The van der Waals surface area contributed by atoms with Gasteiger partial charge in [-0.25, -0.2) is 0 Å². The van der Waals surface area contributed by atoms with Crippen molar-refractivity contribution in [1.82, 2.24) is 9.78 Å². The zero-order valence-electron chi connectivity index (χ0n) is 10.3. The van der Waals surface area contributed by atoms with Gasteiger partial charge < -0.3 is 10.5 Å². The summed E-state index contributed by atoms with van der Waals surface area (Å²) < 4.78 is 7.08. The molecule has 0 saturated carbocycles. The summed E-state index contributed by atoms with van der Waals surface area (Å²) >= 11 is 0. The molecule has 0 spiro atoms. The molecule has 5 heteroatoms. The number of hydrogen-bond acceptors (Lipinski definition) is 4. The molecule has 0 amide bonds. The van der Waals surface area contributed by atoms with E-state index in [1.54, 1.807) is 10.9 Å². The van der Waals surface area contributed by atoms with Gasteiger partial charge >= 0.3 is 0 Å². The van der Waals surface area contributed by atoms with Gasteiger partial charge in [-0.1, -0.05) is 0 Å². The summed E-state index contributed by atoms with van der Waals surface area (Å²) in [7, 11) is 1.88. The first kappa shape index (κ1) is 12.3. The molecule has 2 N–H and O–H groups in total. The number of ketones is 1. The van der Waals surface area contributed by atoms with Gasteiger partial charge in [-0.15, -0.1) is 0 Å². The lowest BCUT2D eigenvalue weighted by Gasteiger charge is -2.24. The SMILES string of the molecule is Cn1nccc1CCC(=O)C1(C)COCC1N. The van der Waals surface area contributed by atoms with Crippen molar-refractivity contribution in [3.8, 4) is 0 Å². The van der Waals surface area contributed by atoms with Crippen LogP contribution < -0.4 is 5.73 Å². The van der Waals surface area contributed by atoms with Gasteiger partial charge in [0.2, 0.25) is 0 Å². The minimum atomic E-state index is -0.515. The lowest BCUT2D eigenvalue weighted by atomic mass is 9.79. The summed E-state index contributed by atoms with van der Waals surface area (Å²) in [5.74, 6) is 0.184. The smallest absolute Gasteiger partial charge is 0.143 e. The second kappa shape index (κ2) is 4.58. The van der Waals surface area contributed by atoms with Crippen LogP contribution in [-0.2, 0) is 23.0 Å². The molecule has 1 aliphatic rings. The van der Waals surface area contributed by atoms with E-state index in [4.69, 9.17) is 10.5 Å². The normalized spacial score (nSPS) is 28.5. The van der Waals surface area contributed by atoms with E-state index in [9.17, 15) is 4.79 Å². The van der Waals surface area contributed by atoms with Gasteiger partial charge in [-0.3, -0.25) is 9.48 Å². The summed E-state index contributed by atoms with van der Waals surface area (Å²) in [6.45, 7) is 2.82. The van der Waals surface area contributed by atoms with E-state index >= 15 is 0 Å². The van der Waals surface area contributed by atoms with Crippen LogP contribution in [-0.4, -0.2) is 34.8 Å². The van der Waals surface area contributed by atoms with Crippen LogP contribution in [0.3, 0.4) is 0 Å². The molecule has 17 heavy (non-hydrogen) atoms. The highest BCUT2D eigenvalue weighted by atomic mass is 16.5. The third kappa shape index (κ3) is 2.25. The largest absolute Gasteiger partial charge is 0.379 e. The van der Waals surface area contributed by atoms with Crippen LogP contribution in [0.2, 0.25) is 0 Å². The molecule has 2 atom stereocenters. The first-order chi connectivity index (χ1) is 8.04. The van der Waals surface area contributed by atoms with Gasteiger partial charge in [0.15, 0.2) is 0 Å². The molecule has 1 aromatic rings. The third-order valence-electron chi connectivity index (χ3n) is 3.69. The maximum Gasteiger partial charge on any atom is 0.143 e. The van der Waals surface area contributed by atoms with Crippen LogP contribution in [0.5, 0.6) is 0 Å². The summed E-state index contributed by atoms with van der Waals surface area (Å²) in [5.41, 5.74) is 6.48. The lowest BCUT2D eigenvalue weighted by molar-refractivity contribution is -0.128. The first-order valence-corrected chi connectivity index (χ1v) is 5.87. The number of carbonyl (C=O) groups is 1. The second-order valence-corrected chi connectivity index (χ2v) is 4.91. The van der Waals surface area contributed by atoms with Crippen molar-refractivity contribution in [2.75, 3.05) is 13.2 Å². The number of hydrogen-bond donors (Lipinski definition) is 1. The molecule has 1 fully saturated rings. The minimum absolute atomic E-state index is 0.179. The van der Waals surface area contributed by atoms with E-state index in [-0.39, 0.29) is 11.8 Å². The van der Waals surface area contributed by atoms with E-state index in [0.29, 0.717) is 26.1 Å². The van der Waals surface area contributed by atoms with Crippen molar-refractivity contribution in [3.05, 3.63) is 18.0 Å². The van der Waals surface area contributed by atoms with E-state index in [1.165, 1.54) is 0 Å². The topological polar surface area (TPSA) is 70.1 Å². The zero-order chi connectivity index (χ0) is 12.5. The van der Waals surface area contributed by atoms with E-state index < -0.39 is 5.41 Å². The van der Waals surface area contributed by atoms with E-state index in [2.05, 4.69) is 5.10 Å². The highest BCUT2D eigenvalue weighted by Crippen LogP contribution is 2.29. The number of Topliss-reactive ketones (excluding diaryl/α,β-unsaturated/α-hetero) is 1. The van der Waals surface area contributed by atoms with Crippen molar-refractivity contribution in [2.24, 2.45) is 18.2 Å². The molecule has 0 aromatic carbocycles. The maximum absolute atomic E-state index is 12.2. The minimum Gasteiger partial charge on any atom is -0.379 e.